The van der Waals surface area contributed by atoms with Crippen molar-refractivity contribution >= 4 is 27.3 Å². The molecule has 1 aromatic carbocycles. The van der Waals surface area contributed by atoms with Crippen molar-refractivity contribution in [2.45, 2.75) is 19.6 Å². The molecule has 1 aromatic heterocycles. The first kappa shape index (κ1) is 14.4. The van der Waals surface area contributed by atoms with Gasteiger partial charge >= 0.3 is 0 Å². The van der Waals surface area contributed by atoms with Crippen molar-refractivity contribution in [3.63, 3.8) is 0 Å². The van der Waals surface area contributed by atoms with Crippen LogP contribution in [0, 0.1) is 0 Å². The first-order valence-corrected chi connectivity index (χ1v) is 7.51. The van der Waals surface area contributed by atoms with Gasteiger partial charge in [-0.05, 0) is 52.7 Å². The topological polar surface area (TPSA) is 44.5 Å². The number of hydrogen-bond acceptors (Lipinski definition) is 4. The minimum absolute atomic E-state index is 0.0174. The summed E-state index contributed by atoms with van der Waals surface area (Å²) in [5.74, 6) is 1.45. The van der Waals surface area contributed by atoms with Crippen LogP contribution in [0.25, 0.3) is 0 Å². The van der Waals surface area contributed by atoms with Crippen molar-refractivity contribution in [1.29, 1.82) is 0 Å². The van der Waals surface area contributed by atoms with Gasteiger partial charge in [0.2, 0.25) is 0 Å². The second kappa shape index (κ2) is 6.41. The number of ether oxygens (including phenoxy) is 2. The molecule has 102 valence electrons. The largest absolute Gasteiger partial charge is 0.493 e. The van der Waals surface area contributed by atoms with E-state index in [4.69, 9.17) is 15.2 Å². The Kier molecular flexibility index (Phi) is 4.85. The Morgan fingerprint density at radius 3 is 2.63 bits per heavy atom. The van der Waals surface area contributed by atoms with Crippen molar-refractivity contribution in [2.24, 2.45) is 5.73 Å². The number of hydrogen-bond donors (Lipinski definition) is 1. The fourth-order valence-electron chi connectivity index (χ4n) is 1.66. The van der Waals surface area contributed by atoms with Gasteiger partial charge in [-0.15, -0.1) is 11.3 Å². The van der Waals surface area contributed by atoms with E-state index in [9.17, 15) is 0 Å². The zero-order chi connectivity index (χ0) is 13.8. The van der Waals surface area contributed by atoms with Crippen molar-refractivity contribution in [2.75, 3.05) is 7.11 Å². The highest BCUT2D eigenvalue weighted by atomic mass is 79.9. The number of rotatable bonds is 5. The van der Waals surface area contributed by atoms with Crippen molar-refractivity contribution < 1.29 is 9.47 Å². The molecule has 0 fully saturated rings. The smallest absolute Gasteiger partial charge is 0.161 e. The van der Waals surface area contributed by atoms with Crippen LogP contribution in [0.5, 0.6) is 11.5 Å². The van der Waals surface area contributed by atoms with E-state index >= 15 is 0 Å². The molecule has 0 spiro atoms. The summed E-state index contributed by atoms with van der Waals surface area (Å²) < 4.78 is 12.2. The highest BCUT2D eigenvalue weighted by Crippen LogP contribution is 2.31. The van der Waals surface area contributed by atoms with Crippen LogP contribution in [0.4, 0.5) is 0 Å². The summed E-state index contributed by atoms with van der Waals surface area (Å²) in [6.07, 6.45) is 0. The van der Waals surface area contributed by atoms with E-state index in [1.165, 1.54) is 0 Å². The Labute approximate surface area is 125 Å². The van der Waals surface area contributed by atoms with Crippen LogP contribution in [-0.2, 0) is 6.61 Å². The van der Waals surface area contributed by atoms with E-state index in [0.717, 1.165) is 20.0 Å². The SMILES string of the molecule is COc1cc(C(C)N)ccc1OCc1ccc(Br)s1. The third-order valence-corrected chi connectivity index (χ3v) is 4.31. The maximum Gasteiger partial charge on any atom is 0.161 e. The Balaban J connectivity index is 2.11. The van der Waals surface area contributed by atoms with Crippen molar-refractivity contribution in [3.8, 4) is 11.5 Å². The maximum atomic E-state index is 5.86. The highest BCUT2D eigenvalue weighted by molar-refractivity contribution is 9.11. The third-order valence-electron chi connectivity index (χ3n) is 2.71. The molecular weight excluding hydrogens is 326 g/mol. The lowest BCUT2D eigenvalue weighted by Gasteiger charge is -2.13. The van der Waals surface area contributed by atoms with Gasteiger partial charge in [-0.2, -0.15) is 0 Å². The van der Waals surface area contributed by atoms with Crippen LogP contribution in [0.2, 0.25) is 0 Å². The minimum atomic E-state index is -0.0174. The van der Waals surface area contributed by atoms with Gasteiger partial charge in [-0.3, -0.25) is 0 Å². The van der Waals surface area contributed by atoms with Gasteiger partial charge in [0.05, 0.1) is 10.9 Å². The van der Waals surface area contributed by atoms with E-state index in [1.807, 2.05) is 37.3 Å². The van der Waals surface area contributed by atoms with Crippen LogP contribution < -0.4 is 15.2 Å². The van der Waals surface area contributed by atoms with E-state index in [0.29, 0.717) is 12.4 Å². The quantitative estimate of drug-likeness (QED) is 0.889. The molecule has 2 aromatic rings. The molecule has 0 bridgehead atoms. The maximum absolute atomic E-state index is 5.86. The molecule has 2 N–H and O–H groups in total. The van der Waals surface area contributed by atoms with Gasteiger partial charge < -0.3 is 15.2 Å². The number of methoxy groups -OCH3 is 1. The molecule has 19 heavy (non-hydrogen) atoms. The Hall–Kier alpha value is -1.04. The molecule has 1 unspecified atom stereocenters. The van der Waals surface area contributed by atoms with Gasteiger partial charge in [0.15, 0.2) is 11.5 Å². The van der Waals surface area contributed by atoms with E-state index in [1.54, 1.807) is 18.4 Å². The predicted molar refractivity (Wildman–Crippen MR) is 81.9 cm³/mol. The molecule has 0 saturated heterocycles. The van der Waals surface area contributed by atoms with E-state index in [-0.39, 0.29) is 6.04 Å². The van der Waals surface area contributed by atoms with Gasteiger partial charge in [-0.1, -0.05) is 6.07 Å². The molecule has 0 radical (unpaired) electrons. The van der Waals surface area contributed by atoms with Crippen LogP contribution in [0.1, 0.15) is 23.4 Å². The molecule has 1 atom stereocenters. The van der Waals surface area contributed by atoms with Crippen molar-refractivity contribution in [1.82, 2.24) is 0 Å². The lowest BCUT2D eigenvalue weighted by molar-refractivity contribution is 0.287. The second-order valence-corrected chi connectivity index (χ2v) is 6.74. The van der Waals surface area contributed by atoms with Gasteiger partial charge in [0.25, 0.3) is 0 Å². The van der Waals surface area contributed by atoms with E-state index < -0.39 is 0 Å². The number of nitrogens with two attached hydrogens (primary N) is 1. The summed E-state index contributed by atoms with van der Waals surface area (Å²) in [5.41, 5.74) is 6.89. The highest BCUT2D eigenvalue weighted by Gasteiger charge is 2.09. The average molecular weight is 342 g/mol. The Morgan fingerprint density at radius 2 is 2.05 bits per heavy atom. The molecule has 5 heteroatoms. The summed E-state index contributed by atoms with van der Waals surface area (Å²) >= 11 is 5.10. The van der Waals surface area contributed by atoms with Gasteiger partial charge in [0, 0.05) is 10.9 Å². The van der Waals surface area contributed by atoms with Gasteiger partial charge in [-0.25, -0.2) is 0 Å². The lowest BCUT2D eigenvalue weighted by Crippen LogP contribution is -2.05. The monoisotopic (exact) mass is 341 g/mol. The molecule has 3 nitrogen and oxygen atoms in total. The number of halogens is 1. The van der Waals surface area contributed by atoms with Crippen LogP contribution >= 0.6 is 27.3 Å². The molecular formula is C14H16BrNO2S. The molecule has 1 heterocycles. The van der Waals surface area contributed by atoms with Crippen LogP contribution in [-0.4, -0.2) is 7.11 Å². The normalized spacial score (nSPS) is 12.2. The first-order chi connectivity index (χ1) is 9.10. The summed E-state index contributed by atoms with van der Waals surface area (Å²) in [6.45, 7) is 2.47. The Morgan fingerprint density at radius 1 is 1.26 bits per heavy atom. The molecule has 0 saturated carbocycles. The van der Waals surface area contributed by atoms with Crippen molar-refractivity contribution in [3.05, 3.63) is 44.6 Å². The number of benzene rings is 1. The summed E-state index contributed by atoms with van der Waals surface area (Å²) in [6, 6.07) is 9.82. The predicted octanol–water partition coefficient (Wildman–Crippen LogP) is 4.12. The molecule has 0 amide bonds. The molecule has 0 aliphatic rings. The zero-order valence-corrected chi connectivity index (χ0v) is 13.3. The molecule has 2 rings (SSSR count). The molecule has 0 aliphatic carbocycles. The Bertz CT molecular complexity index is 554. The summed E-state index contributed by atoms with van der Waals surface area (Å²) in [5, 5.41) is 0. The summed E-state index contributed by atoms with van der Waals surface area (Å²) in [7, 11) is 1.63. The molecule has 0 aliphatic heterocycles. The minimum Gasteiger partial charge on any atom is -0.493 e. The fraction of sp³-hybridized carbons (Fsp3) is 0.286. The van der Waals surface area contributed by atoms with Crippen LogP contribution in [0.3, 0.4) is 0 Å². The standard InChI is InChI=1S/C14H16BrNO2S/c1-9(16)10-3-5-12(13(7-10)17-2)18-8-11-4-6-14(15)19-11/h3-7,9H,8,16H2,1-2H3. The third kappa shape index (κ3) is 3.72. The van der Waals surface area contributed by atoms with Gasteiger partial charge in [0.1, 0.15) is 6.61 Å². The first-order valence-electron chi connectivity index (χ1n) is 5.90. The fourth-order valence-corrected chi connectivity index (χ4v) is 3.06. The lowest BCUT2D eigenvalue weighted by atomic mass is 10.1. The second-order valence-electron chi connectivity index (χ2n) is 4.19. The zero-order valence-electron chi connectivity index (χ0n) is 10.9. The summed E-state index contributed by atoms with van der Waals surface area (Å²) in [4.78, 5) is 1.16. The average Bonchev–Trinajstić information content (AvgIpc) is 2.81. The van der Waals surface area contributed by atoms with Crippen LogP contribution in [0.15, 0.2) is 34.1 Å². The number of thiophene rings is 1. The van der Waals surface area contributed by atoms with E-state index in [2.05, 4.69) is 15.9 Å².